The van der Waals surface area contributed by atoms with Crippen molar-refractivity contribution >= 4 is 40.8 Å². The number of hydrogen-bond acceptors (Lipinski definition) is 3. The number of aromatic nitrogens is 1. The third kappa shape index (κ3) is 2.92. The fourth-order valence-electron chi connectivity index (χ4n) is 2.61. The minimum atomic E-state index is 0.521. The highest BCUT2D eigenvalue weighted by Gasteiger charge is 2.08. The maximum atomic E-state index is 11.6. The molecule has 3 rings (SSSR count). The lowest BCUT2D eigenvalue weighted by Crippen LogP contribution is -1.97. The summed E-state index contributed by atoms with van der Waals surface area (Å²) in [7, 11) is 1.79. The molecular weight excluding hydrogens is 288 g/mol. The number of aldehydes is 2. The Balaban J connectivity index is 2.11. The highest BCUT2D eigenvalue weighted by molar-refractivity contribution is 6.15. The predicted octanol–water partition coefficient (Wildman–Crippen LogP) is 3.76. The molecule has 23 heavy (non-hydrogen) atoms. The summed E-state index contributed by atoms with van der Waals surface area (Å²) in [6, 6.07) is 13.2. The van der Waals surface area contributed by atoms with Crippen LogP contribution >= 0.6 is 0 Å². The number of aromatic amines is 1. The second kappa shape index (κ2) is 6.32. The van der Waals surface area contributed by atoms with E-state index in [1.807, 2.05) is 36.5 Å². The molecule has 0 spiro atoms. The van der Waals surface area contributed by atoms with E-state index in [0.29, 0.717) is 16.7 Å². The van der Waals surface area contributed by atoms with Crippen molar-refractivity contribution in [3.8, 4) is 0 Å². The number of carbonyl (C=O) groups excluding carboxylic acids is 2. The second-order valence-electron chi connectivity index (χ2n) is 5.21. The summed E-state index contributed by atoms with van der Waals surface area (Å²) in [6.45, 7) is 0. The van der Waals surface area contributed by atoms with Crippen LogP contribution in [0.15, 0.2) is 48.7 Å². The van der Waals surface area contributed by atoms with Crippen molar-refractivity contribution in [2.45, 2.75) is 0 Å². The number of rotatable bonds is 5. The molecule has 0 amide bonds. The van der Waals surface area contributed by atoms with Gasteiger partial charge in [-0.3, -0.25) is 9.59 Å². The van der Waals surface area contributed by atoms with Crippen LogP contribution in [-0.4, -0.2) is 24.6 Å². The normalized spacial score (nSPS) is 11.4. The smallest absolute Gasteiger partial charge is 0.150 e. The third-order valence-electron chi connectivity index (χ3n) is 3.79. The van der Waals surface area contributed by atoms with E-state index in [1.165, 1.54) is 0 Å². The van der Waals surface area contributed by atoms with Gasteiger partial charge in [0, 0.05) is 41.1 Å². The zero-order chi connectivity index (χ0) is 16.2. The van der Waals surface area contributed by atoms with Gasteiger partial charge in [-0.05, 0) is 53.4 Å². The number of carbonyl (C=O) groups is 2. The van der Waals surface area contributed by atoms with Gasteiger partial charge in [-0.1, -0.05) is 6.07 Å². The van der Waals surface area contributed by atoms with Gasteiger partial charge in [0.25, 0.3) is 0 Å². The second-order valence-corrected chi connectivity index (χ2v) is 5.21. The van der Waals surface area contributed by atoms with Crippen molar-refractivity contribution in [2.75, 3.05) is 12.4 Å². The summed E-state index contributed by atoms with van der Waals surface area (Å²) < 4.78 is 0. The fourth-order valence-corrected chi connectivity index (χ4v) is 2.61. The molecule has 0 saturated heterocycles. The van der Waals surface area contributed by atoms with Crippen LogP contribution in [0.3, 0.4) is 0 Å². The van der Waals surface area contributed by atoms with Crippen LogP contribution in [0.5, 0.6) is 0 Å². The van der Waals surface area contributed by atoms with Gasteiger partial charge in [0.15, 0.2) is 6.29 Å². The Morgan fingerprint density at radius 2 is 1.87 bits per heavy atom. The molecule has 2 N–H and O–H groups in total. The van der Waals surface area contributed by atoms with E-state index in [4.69, 9.17) is 0 Å². The lowest BCUT2D eigenvalue weighted by Gasteiger charge is -2.10. The van der Waals surface area contributed by atoms with Gasteiger partial charge in [-0.2, -0.15) is 0 Å². The van der Waals surface area contributed by atoms with E-state index in [9.17, 15) is 9.59 Å². The molecule has 0 fully saturated rings. The van der Waals surface area contributed by atoms with Crippen molar-refractivity contribution in [3.05, 3.63) is 65.4 Å². The number of nitrogens with one attached hydrogen (secondary N) is 2. The molecule has 0 saturated carbocycles. The highest BCUT2D eigenvalue weighted by atomic mass is 16.1. The number of hydrogen-bond donors (Lipinski definition) is 2. The van der Waals surface area contributed by atoms with Crippen molar-refractivity contribution in [1.82, 2.24) is 4.98 Å². The van der Waals surface area contributed by atoms with Crippen LogP contribution in [0, 0.1) is 0 Å². The van der Waals surface area contributed by atoms with Crippen molar-refractivity contribution in [3.63, 3.8) is 0 Å². The van der Waals surface area contributed by atoms with Gasteiger partial charge >= 0.3 is 0 Å². The quantitative estimate of drug-likeness (QED) is 0.428. The van der Waals surface area contributed by atoms with E-state index in [1.54, 1.807) is 25.2 Å². The van der Waals surface area contributed by atoms with Crippen molar-refractivity contribution < 1.29 is 9.59 Å². The van der Waals surface area contributed by atoms with E-state index in [0.717, 1.165) is 34.7 Å². The molecule has 3 aromatic rings. The minimum absolute atomic E-state index is 0.521. The Kier molecular flexibility index (Phi) is 4.06. The van der Waals surface area contributed by atoms with E-state index >= 15 is 0 Å². The molecular formula is C19H16N2O2. The standard InChI is InChI=1S/C19H16N2O2/c1-20-19-5-3-14(11-22)10-17(19)16(12-23)9-13-2-4-18-15(8-13)6-7-21-18/h2-12,20-21H,1H3/b16-9+. The topological polar surface area (TPSA) is 62.0 Å². The predicted molar refractivity (Wildman–Crippen MR) is 93.6 cm³/mol. The van der Waals surface area contributed by atoms with Gasteiger partial charge in [0.2, 0.25) is 0 Å². The Labute approximate surface area is 133 Å². The average Bonchev–Trinajstić information content (AvgIpc) is 3.06. The van der Waals surface area contributed by atoms with Crippen LogP contribution in [-0.2, 0) is 4.79 Å². The molecule has 0 radical (unpaired) electrons. The lowest BCUT2D eigenvalue weighted by molar-refractivity contribution is -0.103. The lowest BCUT2D eigenvalue weighted by atomic mass is 9.99. The summed E-state index contributed by atoms with van der Waals surface area (Å²) in [5, 5.41) is 4.14. The number of anilines is 1. The molecule has 0 atom stereocenters. The molecule has 0 unspecified atom stereocenters. The zero-order valence-electron chi connectivity index (χ0n) is 12.7. The molecule has 1 heterocycles. The van der Waals surface area contributed by atoms with E-state index in [-0.39, 0.29) is 0 Å². The minimum Gasteiger partial charge on any atom is -0.388 e. The Morgan fingerprint density at radius 3 is 2.61 bits per heavy atom. The van der Waals surface area contributed by atoms with Gasteiger partial charge in [0.05, 0.1) is 0 Å². The molecule has 0 aliphatic rings. The maximum absolute atomic E-state index is 11.6. The van der Waals surface area contributed by atoms with E-state index < -0.39 is 0 Å². The van der Waals surface area contributed by atoms with Crippen LogP contribution in [0.25, 0.3) is 22.6 Å². The summed E-state index contributed by atoms with van der Waals surface area (Å²) in [4.78, 5) is 25.8. The first kappa shape index (κ1) is 14.8. The first-order valence-electron chi connectivity index (χ1n) is 7.26. The van der Waals surface area contributed by atoms with Crippen LogP contribution in [0.4, 0.5) is 5.69 Å². The van der Waals surface area contributed by atoms with Gasteiger partial charge in [0.1, 0.15) is 6.29 Å². The first-order valence-corrected chi connectivity index (χ1v) is 7.26. The van der Waals surface area contributed by atoms with Crippen molar-refractivity contribution in [2.24, 2.45) is 0 Å². The molecule has 0 bridgehead atoms. The molecule has 0 aliphatic carbocycles. The Hall–Kier alpha value is -3.14. The molecule has 4 nitrogen and oxygen atoms in total. The molecule has 1 aromatic heterocycles. The average molecular weight is 304 g/mol. The number of allylic oxidation sites excluding steroid dienone is 1. The highest BCUT2D eigenvalue weighted by Crippen LogP contribution is 2.26. The molecule has 4 heteroatoms. The molecule has 2 aromatic carbocycles. The third-order valence-corrected chi connectivity index (χ3v) is 3.79. The SMILES string of the molecule is CNc1ccc(C=O)cc1/C(C=O)=C/c1ccc2[nH]ccc2c1. The van der Waals surface area contributed by atoms with Crippen LogP contribution < -0.4 is 5.32 Å². The van der Waals surface area contributed by atoms with Gasteiger partial charge in [-0.25, -0.2) is 0 Å². The van der Waals surface area contributed by atoms with Gasteiger partial charge < -0.3 is 10.3 Å². The fraction of sp³-hybridized carbons (Fsp3) is 0.0526. The summed E-state index contributed by atoms with van der Waals surface area (Å²) in [6.07, 6.45) is 5.29. The van der Waals surface area contributed by atoms with Crippen LogP contribution in [0.1, 0.15) is 21.5 Å². The van der Waals surface area contributed by atoms with Crippen molar-refractivity contribution in [1.29, 1.82) is 0 Å². The zero-order valence-corrected chi connectivity index (χ0v) is 12.7. The number of H-pyrrole nitrogens is 1. The van der Waals surface area contributed by atoms with Gasteiger partial charge in [-0.15, -0.1) is 0 Å². The number of benzene rings is 2. The molecule has 114 valence electrons. The largest absolute Gasteiger partial charge is 0.388 e. The Morgan fingerprint density at radius 1 is 1.04 bits per heavy atom. The maximum Gasteiger partial charge on any atom is 0.150 e. The monoisotopic (exact) mass is 304 g/mol. The summed E-state index contributed by atoms with van der Waals surface area (Å²) in [5.74, 6) is 0. The Bertz CT molecular complexity index is 907. The summed E-state index contributed by atoms with van der Waals surface area (Å²) >= 11 is 0. The van der Waals surface area contributed by atoms with Crippen LogP contribution in [0.2, 0.25) is 0 Å². The molecule has 0 aliphatic heterocycles. The summed E-state index contributed by atoms with van der Waals surface area (Å²) in [5.41, 5.74) is 4.55. The van der Waals surface area contributed by atoms with E-state index in [2.05, 4.69) is 10.3 Å². The number of fused-ring (bicyclic) bond motifs is 1. The first-order chi connectivity index (χ1) is 11.2.